The van der Waals surface area contributed by atoms with E-state index >= 15 is 0 Å². The van der Waals surface area contributed by atoms with E-state index in [4.69, 9.17) is 0 Å². The molecule has 0 atom stereocenters. The van der Waals surface area contributed by atoms with E-state index in [1.807, 2.05) is 18.2 Å². The first-order chi connectivity index (χ1) is 7.16. The van der Waals surface area contributed by atoms with Gasteiger partial charge in [-0.1, -0.05) is 15.9 Å². The average molecular weight is 333 g/mol. The average Bonchev–Trinajstić information content (AvgIpc) is 2.97. The smallest absolute Gasteiger partial charge is 0.252 e. The highest BCUT2D eigenvalue weighted by atomic mass is 79.9. The Hall–Kier alpha value is -0.350. The van der Waals surface area contributed by atoms with Gasteiger partial charge in [0.2, 0.25) is 0 Å². The van der Waals surface area contributed by atoms with Gasteiger partial charge in [-0.05, 0) is 52.9 Å². The van der Waals surface area contributed by atoms with E-state index in [1.165, 1.54) is 12.8 Å². The summed E-state index contributed by atoms with van der Waals surface area (Å²) in [5.74, 6) is 0.712. The van der Waals surface area contributed by atoms with Crippen molar-refractivity contribution in [2.24, 2.45) is 5.92 Å². The first kappa shape index (κ1) is 11.1. The van der Waals surface area contributed by atoms with Crippen LogP contribution in [0.4, 0.5) is 0 Å². The standard InChI is InChI=1S/C11H11Br2NO/c12-8-3-4-9(10(13)5-8)11(15)14-6-7-1-2-7/h3-5,7H,1-2,6H2,(H,14,15). The summed E-state index contributed by atoms with van der Waals surface area (Å²) in [5, 5.41) is 2.94. The number of rotatable bonds is 3. The molecular weight excluding hydrogens is 322 g/mol. The Morgan fingerprint density at radius 3 is 2.73 bits per heavy atom. The molecule has 0 saturated heterocycles. The zero-order chi connectivity index (χ0) is 10.8. The van der Waals surface area contributed by atoms with Crippen molar-refractivity contribution in [3.63, 3.8) is 0 Å². The van der Waals surface area contributed by atoms with Gasteiger partial charge in [-0.2, -0.15) is 0 Å². The lowest BCUT2D eigenvalue weighted by Gasteiger charge is -2.06. The summed E-state index contributed by atoms with van der Waals surface area (Å²) in [6.45, 7) is 0.807. The quantitative estimate of drug-likeness (QED) is 0.903. The fourth-order valence-corrected chi connectivity index (χ4v) is 2.55. The van der Waals surface area contributed by atoms with Crippen LogP contribution in [0.3, 0.4) is 0 Å². The van der Waals surface area contributed by atoms with Crippen molar-refractivity contribution in [3.8, 4) is 0 Å². The van der Waals surface area contributed by atoms with Gasteiger partial charge in [-0.15, -0.1) is 0 Å². The number of hydrogen-bond acceptors (Lipinski definition) is 1. The molecule has 1 aromatic rings. The number of halogens is 2. The van der Waals surface area contributed by atoms with E-state index in [9.17, 15) is 4.79 Å². The van der Waals surface area contributed by atoms with Crippen molar-refractivity contribution < 1.29 is 4.79 Å². The van der Waals surface area contributed by atoms with Crippen molar-refractivity contribution >= 4 is 37.8 Å². The summed E-state index contributed by atoms with van der Waals surface area (Å²) in [4.78, 5) is 11.8. The molecular formula is C11H11Br2NO. The second kappa shape index (κ2) is 4.66. The molecule has 1 aliphatic rings. The van der Waals surface area contributed by atoms with Gasteiger partial charge in [-0.3, -0.25) is 4.79 Å². The summed E-state index contributed by atoms with van der Waals surface area (Å²) >= 11 is 6.74. The van der Waals surface area contributed by atoms with Crippen LogP contribution in [0.5, 0.6) is 0 Å². The second-order valence-corrected chi connectivity index (χ2v) is 5.55. The topological polar surface area (TPSA) is 29.1 Å². The van der Waals surface area contributed by atoms with Crippen LogP contribution in [-0.2, 0) is 0 Å². The maximum Gasteiger partial charge on any atom is 0.252 e. The number of carbonyl (C=O) groups is 1. The highest BCUT2D eigenvalue weighted by Gasteiger charge is 2.22. The van der Waals surface area contributed by atoms with Gasteiger partial charge >= 0.3 is 0 Å². The molecule has 0 aromatic heterocycles. The molecule has 1 fully saturated rings. The Labute approximate surface area is 106 Å². The van der Waals surface area contributed by atoms with Gasteiger partial charge in [0, 0.05) is 15.5 Å². The molecule has 0 spiro atoms. The Balaban J connectivity index is 2.03. The number of carbonyl (C=O) groups excluding carboxylic acids is 1. The fraction of sp³-hybridized carbons (Fsp3) is 0.364. The first-order valence-corrected chi connectivity index (χ1v) is 6.48. The van der Waals surface area contributed by atoms with Crippen molar-refractivity contribution in [1.29, 1.82) is 0 Å². The van der Waals surface area contributed by atoms with Crippen LogP contribution in [0.1, 0.15) is 23.2 Å². The highest BCUT2D eigenvalue weighted by molar-refractivity contribution is 9.11. The summed E-state index contributed by atoms with van der Waals surface area (Å²) in [7, 11) is 0. The minimum Gasteiger partial charge on any atom is -0.352 e. The summed E-state index contributed by atoms with van der Waals surface area (Å²) in [6, 6.07) is 5.57. The molecule has 2 rings (SSSR count). The van der Waals surface area contributed by atoms with E-state index in [0.717, 1.165) is 15.5 Å². The first-order valence-electron chi connectivity index (χ1n) is 4.90. The van der Waals surface area contributed by atoms with Gasteiger partial charge < -0.3 is 5.32 Å². The molecule has 0 heterocycles. The normalized spacial score (nSPS) is 15.1. The third-order valence-electron chi connectivity index (χ3n) is 2.42. The molecule has 1 amide bonds. The Morgan fingerprint density at radius 2 is 2.13 bits per heavy atom. The zero-order valence-electron chi connectivity index (χ0n) is 8.09. The van der Waals surface area contributed by atoms with Crippen LogP contribution in [0.15, 0.2) is 27.1 Å². The van der Waals surface area contributed by atoms with Gasteiger partial charge in [0.1, 0.15) is 0 Å². The van der Waals surface area contributed by atoms with E-state index in [-0.39, 0.29) is 5.91 Å². The van der Waals surface area contributed by atoms with Crippen LogP contribution in [0.2, 0.25) is 0 Å². The number of amides is 1. The van der Waals surface area contributed by atoms with Gasteiger partial charge in [0.05, 0.1) is 5.56 Å². The Morgan fingerprint density at radius 1 is 1.40 bits per heavy atom. The summed E-state index contributed by atoms with van der Waals surface area (Å²) < 4.78 is 1.79. The van der Waals surface area contributed by atoms with E-state index in [0.29, 0.717) is 11.5 Å². The molecule has 15 heavy (non-hydrogen) atoms. The van der Waals surface area contributed by atoms with Gasteiger partial charge in [0.25, 0.3) is 5.91 Å². The van der Waals surface area contributed by atoms with E-state index in [2.05, 4.69) is 37.2 Å². The Bertz CT molecular complexity index is 388. The molecule has 1 aliphatic carbocycles. The van der Waals surface area contributed by atoms with Crippen LogP contribution in [-0.4, -0.2) is 12.5 Å². The monoisotopic (exact) mass is 331 g/mol. The maximum absolute atomic E-state index is 11.8. The number of nitrogens with one attached hydrogen (secondary N) is 1. The van der Waals surface area contributed by atoms with Crippen LogP contribution < -0.4 is 5.32 Å². The third-order valence-corrected chi connectivity index (χ3v) is 3.57. The molecule has 0 bridgehead atoms. The lowest BCUT2D eigenvalue weighted by atomic mass is 10.2. The van der Waals surface area contributed by atoms with Crippen LogP contribution in [0, 0.1) is 5.92 Å². The van der Waals surface area contributed by atoms with E-state index in [1.54, 1.807) is 0 Å². The maximum atomic E-state index is 11.8. The van der Waals surface area contributed by atoms with Crippen molar-refractivity contribution in [2.45, 2.75) is 12.8 Å². The Kier molecular flexibility index (Phi) is 3.46. The van der Waals surface area contributed by atoms with Gasteiger partial charge in [-0.25, -0.2) is 0 Å². The lowest BCUT2D eigenvalue weighted by molar-refractivity contribution is 0.0951. The lowest BCUT2D eigenvalue weighted by Crippen LogP contribution is -2.25. The summed E-state index contributed by atoms with van der Waals surface area (Å²) in [5.41, 5.74) is 0.693. The SMILES string of the molecule is O=C(NCC1CC1)c1ccc(Br)cc1Br. The molecule has 0 unspecified atom stereocenters. The van der Waals surface area contributed by atoms with Crippen LogP contribution >= 0.6 is 31.9 Å². The zero-order valence-corrected chi connectivity index (χ0v) is 11.3. The molecule has 0 radical (unpaired) electrons. The molecule has 1 aromatic carbocycles. The molecule has 80 valence electrons. The van der Waals surface area contributed by atoms with Crippen LogP contribution in [0.25, 0.3) is 0 Å². The van der Waals surface area contributed by atoms with Crippen molar-refractivity contribution in [3.05, 3.63) is 32.7 Å². The summed E-state index contributed by atoms with van der Waals surface area (Å²) in [6.07, 6.45) is 2.50. The predicted octanol–water partition coefficient (Wildman–Crippen LogP) is 3.35. The second-order valence-electron chi connectivity index (χ2n) is 3.78. The largest absolute Gasteiger partial charge is 0.352 e. The molecule has 4 heteroatoms. The van der Waals surface area contributed by atoms with Crippen molar-refractivity contribution in [2.75, 3.05) is 6.54 Å². The highest BCUT2D eigenvalue weighted by Crippen LogP contribution is 2.28. The van der Waals surface area contributed by atoms with Gasteiger partial charge in [0.15, 0.2) is 0 Å². The number of benzene rings is 1. The number of hydrogen-bond donors (Lipinski definition) is 1. The molecule has 0 aliphatic heterocycles. The van der Waals surface area contributed by atoms with Crippen molar-refractivity contribution in [1.82, 2.24) is 5.32 Å². The minimum absolute atomic E-state index is 0.00118. The molecule has 1 N–H and O–H groups in total. The fourth-order valence-electron chi connectivity index (χ4n) is 1.33. The molecule has 1 saturated carbocycles. The third kappa shape index (κ3) is 3.05. The molecule has 2 nitrogen and oxygen atoms in total. The predicted molar refractivity (Wildman–Crippen MR) is 66.9 cm³/mol. The minimum atomic E-state index is 0.00118. The van der Waals surface area contributed by atoms with E-state index < -0.39 is 0 Å².